The van der Waals surface area contributed by atoms with E-state index in [2.05, 4.69) is 45.0 Å². The van der Waals surface area contributed by atoms with Crippen LogP contribution in [-0.2, 0) is 6.42 Å². The molecule has 0 saturated heterocycles. The molecular weight excluding hydrogens is 276 g/mol. The summed E-state index contributed by atoms with van der Waals surface area (Å²) in [5, 5.41) is 2.75. The first-order valence-electron chi connectivity index (χ1n) is 7.74. The molecule has 1 heterocycles. The average Bonchev–Trinajstić information content (AvgIpc) is 2.86. The predicted molar refractivity (Wildman–Crippen MR) is 94.0 cm³/mol. The summed E-state index contributed by atoms with van der Waals surface area (Å²) >= 11 is 1.91. The number of benzene rings is 2. The van der Waals surface area contributed by atoms with Crippen LogP contribution < -0.4 is 4.74 Å². The summed E-state index contributed by atoms with van der Waals surface area (Å²) < 4.78 is 8.55. The minimum atomic E-state index is 0.719. The quantitative estimate of drug-likeness (QED) is 0.572. The van der Waals surface area contributed by atoms with Gasteiger partial charge in [0.25, 0.3) is 0 Å². The fraction of sp³-hybridized carbons (Fsp3) is 0.368. The molecule has 3 aromatic rings. The van der Waals surface area contributed by atoms with E-state index in [9.17, 15) is 0 Å². The van der Waals surface area contributed by atoms with Crippen molar-refractivity contribution in [2.75, 3.05) is 6.61 Å². The average molecular weight is 298 g/mol. The van der Waals surface area contributed by atoms with Crippen molar-refractivity contribution in [1.29, 1.82) is 0 Å². The SMILES string of the molecule is CCCc1ccc2c(sc3c(C)c(OCC)ccc32)c1C. The van der Waals surface area contributed by atoms with E-state index < -0.39 is 0 Å². The molecule has 3 rings (SSSR count). The molecule has 2 heteroatoms. The van der Waals surface area contributed by atoms with Gasteiger partial charge in [-0.25, -0.2) is 0 Å². The highest BCUT2D eigenvalue weighted by atomic mass is 32.1. The van der Waals surface area contributed by atoms with Crippen LogP contribution in [0.25, 0.3) is 20.2 Å². The molecule has 0 aliphatic carbocycles. The van der Waals surface area contributed by atoms with Crippen molar-refractivity contribution in [3.8, 4) is 5.75 Å². The van der Waals surface area contributed by atoms with Gasteiger partial charge in [0.05, 0.1) is 6.61 Å². The highest BCUT2D eigenvalue weighted by molar-refractivity contribution is 7.26. The minimum absolute atomic E-state index is 0.719. The summed E-state index contributed by atoms with van der Waals surface area (Å²) in [5.41, 5.74) is 4.21. The molecular formula is C19H22OS. The van der Waals surface area contributed by atoms with E-state index in [-0.39, 0.29) is 0 Å². The van der Waals surface area contributed by atoms with Gasteiger partial charge in [0.2, 0.25) is 0 Å². The van der Waals surface area contributed by atoms with E-state index in [1.165, 1.54) is 49.7 Å². The first-order valence-corrected chi connectivity index (χ1v) is 8.56. The number of hydrogen-bond acceptors (Lipinski definition) is 2. The number of thiophene rings is 1. The van der Waals surface area contributed by atoms with Crippen LogP contribution in [0.15, 0.2) is 24.3 Å². The van der Waals surface area contributed by atoms with Gasteiger partial charge in [0.15, 0.2) is 0 Å². The Morgan fingerprint density at radius 1 is 0.905 bits per heavy atom. The molecule has 0 spiro atoms. The van der Waals surface area contributed by atoms with Crippen LogP contribution in [0.2, 0.25) is 0 Å². The van der Waals surface area contributed by atoms with Crippen molar-refractivity contribution in [2.24, 2.45) is 0 Å². The maximum Gasteiger partial charge on any atom is 0.123 e. The molecule has 21 heavy (non-hydrogen) atoms. The van der Waals surface area contributed by atoms with Gasteiger partial charge in [-0.05, 0) is 50.5 Å². The van der Waals surface area contributed by atoms with Gasteiger partial charge < -0.3 is 4.74 Å². The molecule has 0 radical (unpaired) electrons. The third-order valence-corrected chi connectivity index (χ3v) is 5.65. The van der Waals surface area contributed by atoms with E-state index in [0.29, 0.717) is 0 Å². The van der Waals surface area contributed by atoms with E-state index in [0.717, 1.165) is 12.4 Å². The van der Waals surface area contributed by atoms with E-state index in [1.54, 1.807) is 0 Å². The van der Waals surface area contributed by atoms with Crippen molar-refractivity contribution in [1.82, 2.24) is 0 Å². The summed E-state index contributed by atoms with van der Waals surface area (Å²) in [7, 11) is 0. The van der Waals surface area contributed by atoms with Crippen LogP contribution in [-0.4, -0.2) is 6.61 Å². The Bertz CT molecular complexity index is 732. The lowest BCUT2D eigenvalue weighted by atomic mass is 10.0. The zero-order valence-corrected chi connectivity index (χ0v) is 14.1. The van der Waals surface area contributed by atoms with Crippen LogP contribution in [0, 0.1) is 13.8 Å². The third kappa shape index (κ3) is 2.32. The van der Waals surface area contributed by atoms with E-state index in [1.807, 2.05) is 18.3 Å². The van der Waals surface area contributed by atoms with Crippen molar-refractivity contribution >= 4 is 31.5 Å². The lowest BCUT2D eigenvalue weighted by molar-refractivity contribution is 0.338. The van der Waals surface area contributed by atoms with Gasteiger partial charge >= 0.3 is 0 Å². The molecule has 0 aliphatic heterocycles. The topological polar surface area (TPSA) is 9.23 Å². The van der Waals surface area contributed by atoms with Crippen molar-refractivity contribution in [3.05, 3.63) is 41.0 Å². The van der Waals surface area contributed by atoms with E-state index in [4.69, 9.17) is 4.74 Å². The van der Waals surface area contributed by atoms with Gasteiger partial charge in [-0.2, -0.15) is 0 Å². The second-order valence-electron chi connectivity index (χ2n) is 5.58. The number of rotatable bonds is 4. The van der Waals surface area contributed by atoms with Gasteiger partial charge in [-0.15, -0.1) is 11.3 Å². The largest absolute Gasteiger partial charge is 0.494 e. The van der Waals surface area contributed by atoms with Gasteiger partial charge in [-0.1, -0.05) is 25.5 Å². The molecule has 0 bridgehead atoms. The zero-order valence-electron chi connectivity index (χ0n) is 13.2. The molecule has 0 N–H and O–H groups in total. The lowest BCUT2D eigenvalue weighted by Crippen LogP contribution is -1.93. The van der Waals surface area contributed by atoms with E-state index >= 15 is 0 Å². The summed E-state index contributed by atoms with van der Waals surface area (Å²) in [4.78, 5) is 0. The van der Waals surface area contributed by atoms with Gasteiger partial charge in [0.1, 0.15) is 5.75 Å². The highest BCUT2D eigenvalue weighted by Crippen LogP contribution is 2.41. The Balaban J connectivity index is 2.28. The predicted octanol–water partition coefficient (Wildman–Crippen LogP) is 6.02. The number of hydrogen-bond donors (Lipinski definition) is 0. The molecule has 110 valence electrons. The van der Waals surface area contributed by atoms with Crippen molar-refractivity contribution in [2.45, 2.75) is 40.5 Å². The summed E-state index contributed by atoms with van der Waals surface area (Å²) in [5.74, 6) is 1.02. The van der Waals surface area contributed by atoms with Crippen LogP contribution in [0.4, 0.5) is 0 Å². The summed E-state index contributed by atoms with van der Waals surface area (Å²) in [6.07, 6.45) is 2.37. The van der Waals surface area contributed by atoms with Crippen LogP contribution >= 0.6 is 11.3 Å². The third-order valence-electron chi connectivity index (χ3n) is 4.19. The smallest absolute Gasteiger partial charge is 0.123 e. The second kappa shape index (κ2) is 5.69. The molecule has 0 saturated carbocycles. The monoisotopic (exact) mass is 298 g/mol. The zero-order chi connectivity index (χ0) is 15.0. The molecule has 0 amide bonds. The Morgan fingerprint density at radius 3 is 2.24 bits per heavy atom. The minimum Gasteiger partial charge on any atom is -0.494 e. The first-order chi connectivity index (χ1) is 10.2. The van der Waals surface area contributed by atoms with Crippen molar-refractivity contribution in [3.63, 3.8) is 0 Å². The highest BCUT2D eigenvalue weighted by Gasteiger charge is 2.13. The molecule has 2 aromatic carbocycles. The molecule has 0 aliphatic rings. The Labute approximate surface area is 130 Å². The maximum atomic E-state index is 5.74. The standard InChI is InChI=1S/C19H22OS/c1-5-7-14-8-9-15-16-10-11-17(20-6-2)13(4)19(16)21-18(15)12(14)3/h8-11H,5-7H2,1-4H3. The number of ether oxygens (including phenoxy) is 1. The summed E-state index contributed by atoms with van der Waals surface area (Å²) in [6, 6.07) is 8.93. The first kappa shape index (κ1) is 14.4. The van der Waals surface area contributed by atoms with Gasteiger partial charge in [-0.3, -0.25) is 0 Å². The lowest BCUT2D eigenvalue weighted by Gasteiger charge is -2.07. The number of aryl methyl sites for hydroxylation is 3. The van der Waals surface area contributed by atoms with Crippen LogP contribution in [0.5, 0.6) is 5.75 Å². The molecule has 0 unspecified atom stereocenters. The molecule has 1 aromatic heterocycles. The Hall–Kier alpha value is -1.54. The second-order valence-corrected chi connectivity index (χ2v) is 6.60. The fourth-order valence-electron chi connectivity index (χ4n) is 3.05. The Morgan fingerprint density at radius 2 is 1.57 bits per heavy atom. The normalized spacial score (nSPS) is 11.4. The van der Waals surface area contributed by atoms with Gasteiger partial charge in [0, 0.05) is 25.7 Å². The van der Waals surface area contributed by atoms with Crippen LogP contribution in [0.1, 0.15) is 37.0 Å². The fourth-order valence-corrected chi connectivity index (χ4v) is 4.37. The molecule has 1 nitrogen and oxygen atoms in total. The number of fused-ring (bicyclic) bond motifs is 3. The Kier molecular flexibility index (Phi) is 3.90. The summed E-state index contributed by atoms with van der Waals surface area (Å²) in [6.45, 7) is 9.44. The molecule has 0 fully saturated rings. The van der Waals surface area contributed by atoms with Crippen molar-refractivity contribution < 1.29 is 4.74 Å². The van der Waals surface area contributed by atoms with Crippen LogP contribution in [0.3, 0.4) is 0 Å². The molecule has 0 atom stereocenters. The maximum absolute atomic E-state index is 5.74.